The highest BCUT2D eigenvalue weighted by atomic mass is 31.2. The Labute approximate surface area is 113 Å². The van der Waals surface area contributed by atoms with Crippen molar-refractivity contribution in [3.05, 3.63) is 6.33 Å². The van der Waals surface area contributed by atoms with Crippen molar-refractivity contribution in [3.63, 3.8) is 0 Å². The lowest BCUT2D eigenvalue weighted by Crippen LogP contribution is -2.29. The van der Waals surface area contributed by atoms with Crippen molar-refractivity contribution in [2.45, 2.75) is 12.6 Å². The smallest absolute Gasteiger partial charge is 0.353 e. The molecule has 0 amide bonds. The standard InChI is InChI=1S/C9H13N6O4P/c10-7-6-8(14-9(11)13-7)15(3-12-6)1-5-2-19-20(16,17)4-18-5/h3,5H,1-2,4H2,(H,16,17)(H4,10,11,13,14)/t5-/m0/s1. The maximum atomic E-state index is 11.2. The van der Waals surface area contributed by atoms with E-state index in [0.29, 0.717) is 17.7 Å². The van der Waals surface area contributed by atoms with Gasteiger partial charge in [-0.15, -0.1) is 0 Å². The zero-order chi connectivity index (χ0) is 14.3. The van der Waals surface area contributed by atoms with Crippen LogP contribution in [0.15, 0.2) is 6.33 Å². The molecule has 2 aromatic heterocycles. The molecule has 2 aromatic rings. The molecule has 1 aliphatic rings. The summed E-state index contributed by atoms with van der Waals surface area (Å²) < 4.78 is 23.0. The minimum Gasteiger partial charge on any atom is -0.382 e. The minimum atomic E-state index is -3.59. The molecule has 1 unspecified atom stereocenters. The highest BCUT2D eigenvalue weighted by Crippen LogP contribution is 2.45. The Morgan fingerprint density at radius 2 is 2.30 bits per heavy atom. The third-order valence-electron chi connectivity index (χ3n) is 2.84. The molecule has 1 aliphatic heterocycles. The lowest BCUT2D eigenvalue weighted by Gasteiger charge is -2.26. The van der Waals surface area contributed by atoms with Crippen molar-refractivity contribution in [1.82, 2.24) is 19.5 Å². The van der Waals surface area contributed by atoms with Crippen molar-refractivity contribution >= 4 is 30.5 Å². The Balaban J connectivity index is 1.83. The molecule has 108 valence electrons. The van der Waals surface area contributed by atoms with Crippen molar-refractivity contribution in [3.8, 4) is 0 Å². The molecule has 0 radical (unpaired) electrons. The van der Waals surface area contributed by atoms with Crippen LogP contribution in [0.25, 0.3) is 11.2 Å². The average Bonchev–Trinajstić information content (AvgIpc) is 2.75. The Hall–Kier alpha value is -1.74. The van der Waals surface area contributed by atoms with Crippen LogP contribution in [0, 0.1) is 0 Å². The maximum absolute atomic E-state index is 11.2. The number of hydrogen-bond donors (Lipinski definition) is 3. The van der Waals surface area contributed by atoms with Crippen LogP contribution in [0.1, 0.15) is 0 Å². The quantitative estimate of drug-likeness (QED) is 0.626. The van der Waals surface area contributed by atoms with Gasteiger partial charge in [0.05, 0.1) is 19.5 Å². The van der Waals surface area contributed by atoms with Crippen LogP contribution in [-0.4, -0.2) is 43.5 Å². The first-order chi connectivity index (χ1) is 9.44. The fourth-order valence-electron chi connectivity index (χ4n) is 1.93. The van der Waals surface area contributed by atoms with Gasteiger partial charge in [-0.1, -0.05) is 0 Å². The van der Waals surface area contributed by atoms with E-state index in [0.717, 1.165) is 0 Å². The molecule has 0 bridgehead atoms. The molecule has 0 aromatic carbocycles. The first-order valence-corrected chi connectivity index (χ1v) is 7.53. The second kappa shape index (κ2) is 4.67. The predicted octanol–water partition coefficient (Wildman–Crippen LogP) is -0.451. The Morgan fingerprint density at radius 1 is 1.50 bits per heavy atom. The summed E-state index contributed by atoms with van der Waals surface area (Å²) in [5.41, 5.74) is 12.2. The second-order valence-corrected chi connectivity index (χ2v) is 6.18. The monoisotopic (exact) mass is 300 g/mol. The lowest BCUT2D eigenvalue weighted by molar-refractivity contribution is -0.00744. The Bertz CT molecular complexity index is 691. The van der Waals surface area contributed by atoms with Gasteiger partial charge in [0.1, 0.15) is 18.0 Å². The summed E-state index contributed by atoms with van der Waals surface area (Å²) in [7, 11) is -3.59. The molecule has 0 saturated carbocycles. The zero-order valence-corrected chi connectivity index (χ0v) is 11.2. The number of ether oxygens (including phenoxy) is 1. The second-order valence-electron chi connectivity index (χ2n) is 4.39. The molecule has 2 atom stereocenters. The number of hydrogen-bond acceptors (Lipinski definition) is 8. The molecule has 0 aliphatic carbocycles. The van der Waals surface area contributed by atoms with Crippen LogP contribution < -0.4 is 11.5 Å². The predicted molar refractivity (Wildman–Crippen MR) is 69.7 cm³/mol. The van der Waals surface area contributed by atoms with E-state index in [1.165, 1.54) is 6.33 Å². The normalized spacial score (nSPS) is 26.9. The van der Waals surface area contributed by atoms with Gasteiger partial charge >= 0.3 is 7.60 Å². The summed E-state index contributed by atoms with van der Waals surface area (Å²) in [4.78, 5) is 21.2. The van der Waals surface area contributed by atoms with Gasteiger partial charge in [0, 0.05) is 0 Å². The molecule has 11 heteroatoms. The summed E-state index contributed by atoms with van der Waals surface area (Å²) in [5, 5.41) is 0. The zero-order valence-electron chi connectivity index (χ0n) is 10.3. The Morgan fingerprint density at radius 3 is 3.00 bits per heavy atom. The van der Waals surface area contributed by atoms with E-state index in [9.17, 15) is 9.46 Å². The molecule has 1 saturated heterocycles. The molecule has 1 fully saturated rings. The Kier molecular flexibility index (Phi) is 3.09. The maximum Gasteiger partial charge on any atom is 0.353 e. The summed E-state index contributed by atoms with van der Waals surface area (Å²) in [6.45, 7) is 0.371. The number of nitrogens with zero attached hydrogens (tertiary/aromatic N) is 4. The molecular formula is C9H13N6O4P. The summed E-state index contributed by atoms with van der Waals surface area (Å²) in [6.07, 6.45) is 0.828. The molecule has 0 spiro atoms. The van der Waals surface area contributed by atoms with Gasteiger partial charge in [-0.3, -0.25) is 4.57 Å². The van der Waals surface area contributed by atoms with Crippen LogP contribution in [0.2, 0.25) is 0 Å². The van der Waals surface area contributed by atoms with E-state index >= 15 is 0 Å². The molecule has 10 nitrogen and oxygen atoms in total. The van der Waals surface area contributed by atoms with E-state index in [1.54, 1.807) is 4.57 Å². The van der Waals surface area contributed by atoms with Gasteiger partial charge < -0.3 is 30.2 Å². The third-order valence-corrected chi connectivity index (χ3v) is 3.87. The van der Waals surface area contributed by atoms with Gasteiger partial charge in [0.2, 0.25) is 5.95 Å². The highest BCUT2D eigenvalue weighted by Gasteiger charge is 2.30. The molecule has 3 heterocycles. The van der Waals surface area contributed by atoms with Crippen LogP contribution in [0.3, 0.4) is 0 Å². The van der Waals surface area contributed by atoms with Gasteiger partial charge in [-0.2, -0.15) is 9.97 Å². The van der Waals surface area contributed by atoms with Crippen LogP contribution >= 0.6 is 7.60 Å². The van der Waals surface area contributed by atoms with Crippen molar-refractivity contribution in [2.24, 2.45) is 0 Å². The van der Waals surface area contributed by atoms with E-state index in [2.05, 4.69) is 15.0 Å². The SMILES string of the molecule is Nc1nc(N)c2ncn(C[C@H]3COP(=O)(O)CO3)c2n1. The molecule has 5 N–H and O–H groups in total. The number of anilines is 2. The van der Waals surface area contributed by atoms with Crippen molar-refractivity contribution < 1.29 is 18.7 Å². The first-order valence-electron chi connectivity index (χ1n) is 5.76. The number of fused-ring (bicyclic) bond motifs is 1. The number of rotatable bonds is 2. The number of nitrogen functional groups attached to an aromatic ring is 2. The largest absolute Gasteiger partial charge is 0.382 e. The molecule has 20 heavy (non-hydrogen) atoms. The number of aromatic nitrogens is 4. The van der Waals surface area contributed by atoms with E-state index in [-0.39, 0.29) is 30.8 Å². The summed E-state index contributed by atoms with van der Waals surface area (Å²) >= 11 is 0. The van der Waals surface area contributed by atoms with Crippen molar-refractivity contribution in [1.29, 1.82) is 0 Å². The van der Waals surface area contributed by atoms with Crippen LogP contribution in [0.4, 0.5) is 11.8 Å². The van der Waals surface area contributed by atoms with E-state index in [4.69, 9.17) is 20.7 Å². The van der Waals surface area contributed by atoms with Crippen LogP contribution in [0.5, 0.6) is 0 Å². The van der Waals surface area contributed by atoms with Crippen LogP contribution in [-0.2, 0) is 20.4 Å². The number of nitrogens with two attached hydrogens (primary N) is 2. The lowest BCUT2D eigenvalue weighted by atomic mass is 10.3. The topological polar surface area (TPSA) is 151 Å². The van der Waals surface area contributed by atoms with Gasteiger partial charge in [0.25, 0.3) is 0 Å². The van der Waals surface area contributed by atoms with Gasteiger partial charge in [0.15, 0.2) is 11.5 Å². The molecule has 3 rings (SSSR count). The van der Waals surface area contributed by atoms with E-state index in [1.807, 2.05) is 0 Å². The highest BCUT2D eigenvalue weighted by molar-refractivity contribution is 7.52. The molecular weight excluding hydrogens is 287 g/mol. The van der Waals surface area contributed by atoms with Gasteiger partial charge in [-0.25, -0.2) is 4.98 Å². The number of imidazole rings is 1. The third kappa shape index (κ3) is 2.46. The summed E-state index contributed by atoms with van der Waals surface area (Å²) in [6, 6.07) is 0. The minimum absolute atomic E-state index is 0.0174. The van der Waals surface area contributed by atoms with E-state index < -0.39 is 7.60 Å². The fourth-order valence-corrected chi connectivity index (χ4v) is 2.80. The first kappa shape index (κ1) is 13.3. The van der Waals surface area contributed by atoms with Gasteiger partial charge in [-0.05, 0) is 0 Å². The summed E-state index contributed by atoms with van der Waals surface area (Å²) in [5.74, 6) is 0.254. The fraction of sp³-hybridized carbons (Fsp3) is 0.444. The van der Waals surface area contributed by atoms with Crippen molar-refractivity contribution in [2.75, 3.05) is 24.4 Å². The average molecular weight is 300 g/mol.